The summed E-state index contributed by atoms with van der Waals surface area (Å²) < 4.78 is 16.3. The van der Waals surface area contributed by atoms with E-state index in [0.29, 0.717) is 26.2 Å². The molecule has 1 unspecified atom stereocenters. The molecule has 0 aliphatic carbocycles. The van der Waals surface area contributed by atoms with Gasteiger partial charge in [-0.3, -0.25) is 9.69 Å². The lowest BCUT2D eigenvalue weighted by molar-refractivity contribution is -0.135. The normalized spacial score (nSPS) is 19.5. The number of morpholine rings is 1. The number of amides is 1. The Kier molecular flexibility index (Phi) is 6.30. The molecule has 2 heterocycles. The number of ether oxygens (including phenoxy) is 3. The zero-order valence-corrected chi connectivity index (χ0v) is 17.4. The summed E-state index contributed by atoms with van der Waals surface area (Å²) in [5.74, 6) is 1.50. The van der Waals surface area contributed by atoms with E-state index in [-0.39, 0.29) is 11.9 Å². The fourth-order valence-corrected chi connectivity index (χ4v) is 3.92. The van der Waals surface area contributed by atoms with Crippen molar-refractivity contribution in [1.29, 1.82) is 0 Å². The van der Waals surface area contributed by atoms with E-state index in [9.17, 15) is 4.79 Å². The maximum absolute atomic E-state index is 13.3. The molecule has 0 spiro atoms. The van der Waals surface area contributed by atoms with Gasteiger partial charge in [0, 0.05) is 30.6 Å². The van der Waals surface area contributed by atoms with Gasteiger partial charge in [-0.2, -0.15) is 5.10 Å². The van der Waals surface area contributed by atoms with E-state index >= 15 is 0 Å². The lowest BCUT2D eigenvalue weighted by Crippen LogP contribution is -2.43. The van der Waals surface area contributed by atoms with E-state index in [1.165, 1.54) is 0 Å². The van der Waals surface area contributed by atoms with Gasteiger partial charge in [0.15, 0.2) is 0 Å². The Morgan fingerprint density at radius 3 is 2.67 bits per heavy atom. The van der Waals surface area contributed by atoms with Crippen molar-refractivity contribution in [2.75, 3.05) is 47.1 Å². The van der Waals surface area contributed by atoms with Gasteiger partial charge in [0.05, 0.1) is 45.7 Å². The van der Waals surface area contributed by atoms with E-state index in [4.69, 9.17) is 19.3 Å². The molecule has 2 aromatic carbocycles. The number of carbonyl (C=O) groups is 1. The summed E-state index contributed by atoms with van der Waals surface area (Å²) in [6.07, 6.45) is 0.613. The highest BCUT2D eigenvalue weighted by atomic mass is 16.5. The molecule has 0 bridgehead atoms. The summed E-state index contributed by atoms with van der Waals surface area (Å²) in [7, 11) is 3.29. The number of benzene rings is 2. The zero-order chi connectivity index (χ0) is 20.9. The molecule has 7 nitrogen and oxygen atoms in total. The first-order valence-electron chi connectivity index (χ1n) is 10.2. The number of methoxy groups -OCH3 is 2. The van der Waals surface area contributed by atoms with Crippen molar-refractivity contribution >= 4 is 11.6 Å². The van der Waals surface area contributed by atoms with Gasteiger partial charge in [0.2, 0.25) is 0 Å². The molecule has 1 fully saturated rings. The molecule has 1 saturated heterocycles. The van der Waals surface area contributed by atoms with Crippen molar-refractivity contribution in [2.24, 2.45) is 5.10 Å². The second-order valence-electron chi connectivity index (χ2n) is 7.37. The average Bonchev–Trinajstić information content (AvgIpc) is 3.25. The smallest absolute Gasteiger partial charge is 0.257 e. The summed E-state index contributed by atoms with van der Waals surface area (Å²) in [6, 6.07) is 15.4. The van der Waals surface area contributed by atoms with E-state index < -0.39 is 0 Å². The van der Waals surface area contributed by atoms with Gasteiger partial charge in [0.1, 0.15) is 11.5 Å². The Hall–Kier alpha value is -2.90. The predicted molar refractivity (Wildman–Crippen MR) is 114 cm³/mol. The second kappa shape index (κ2) is 9.28. The molecular formula is C23H27N3O4. The van der Waals surface area contributed by atoms with Crippen LogP contribution in [-0.4, -0.2) is 68.6 Å². The standard InChI is InChI=1S/C23H27N3O4/c1-28-18-7-5-6-17(14-18)20-15-21(19-8-3-4-9-22(19)29-2)26(24-20)23(27)16-25-10-12-30-13-11-25/h3-9,14,21H,10-13,15-16H2,1-2H3. The number of carbonyl (C=O) groups excluding carboxylic acids is 1. The number of hydrazone groups is 1. The molecule has 0 radical (unpaired) electrons. The molecule has 30 heavy (non-hydrogen) atoms. The van der Waals surface area contributed by atoms with Gasteiger partial charge in [-0.1, -0.05) is 30.3 Å². The Labute approximate surface area is 176 Å². The monoisotopic (exact) mass is 409 g/mol. The molecule has 7 heteroatoms. The minimum atomic E-state index is -0.212. The summed E-state index contributed by atoms with van der Waals surface area (Å²) in [5.41, 5.74) is 2.77. The largest absolute Gasteiger partial charge is 0.497 e. The summed E-state index contributed by atoms with van der Waals surface area (Å²) >= 11 is 0. The Balaban J connectivity index is 1.64. The van der Waals surface area contributed by atoms with Crippen LogP contribution in [-0.2, 0) is 9.53 Å². The summed E-state index contributed by atoms with van der Waals surface area (Å²) in [6.45, 7) is 3.14. The molecule has 0 saturated carbocycles. The molecule has 4 rings (SSSR count). The van der Waals surface area contributed by atoms with Gasteiger partial charge >= 0.3 is 0 Å². The fraction of sp³-hybridized carbons (Fsp3) is 0.391. The molecular weight excluding hydrogens is 382 g/mol. The molecule has 0 aromatic heterocycles. The third-order valence-corrected chi connectivity index (χ3v) is 5.53. The molecule has 1 amide bonds. The van der Waals surface area contributed by atoms with E-state index in [0.717, 1.165) is 41.4 Å². The van der Waals surface area contributed by atoms with Gasteiger partial charge in [-0.25, -0.2) is 5.01 Å². The van der Waals surface area contributed by atoms with Crippen molar-refractivity contribution < 1.29 is 19.0 Å². The SMILES string of the molecule is COc1cccc(C2=NN(C(=O)CN3CCOCC3)C(c3ccccc3OC)C2)c1. The van der Waals surface area contributed by atoms with Gasteiger partial charge in [0.25, 0.3) is 5.91 Å². The van der Waals surface area contributed by atoms with E-state index in [1.54, 1.807) is 19.2 Å². The molecule has 2 aliphatic rings. The highest BCUT2D eigenvalue weighted by molar-refractivity contribution is 6.03. The lowest BCUT2D eigenvalue weighted by Gasteiger charge is -2.29. The molecule has 2 aliphatic heterocycles. The second-order valence-corrected chi connectivity index (χ2v) is 7.37. The predicted octanol–water partition coefficient (Wildman–Crippen LogP) is 2.71. The highest BCUT2D eigenvalue weighted by Gasteiger charge is 2.35. The van der Waals surface area contributed by atoms with Gasteiger partial charge in [-0.15, -0.1) is 0 Å². The lowest BCUT2D eigenvalue weighted by atomic mass is 9.97. The third kappa shape index (κ3) is 4.32. The number of hydrogen-bond donors (Lipinski definition) is 0. The first kappa shape index (κ1) is 20.4. The van der Waals surface area contributed by atoms with Crippen LogP contribution in [0.5, 0.6) is 11.5 Å². The Bertz CT molecular complexity index is 924. The van der Waals surface area contributed by atoms with Crippen LogP contribution in [0.1, 0.15) is 23.6 Å². The minimum absolute atomic E-state index is 0.0225. The topological polar surface area (TPSA) is 63.6 Å². The number of rotatable bonds is 6. The van der Waals surface area contributed by atoms with Crippen LogP contribution in [0, 0.1) is 0 Å². The van der Waals surface area contributed by atoms with E-state index in [2.05, 4.69) is 4.90 Å². The molecule has 0 N–H and O–H groups in total. The minimum Gasteiger partial charge on any atom is -0.497 e. The first-order chi connectivity index (χ1) is 14.7. The first-order valence-corrected chi connectivity index (χ1v) is 10.2. The average molecular weight is 409 g/mol. The maximum atomic E-state index is 13.3. The Morgan fingerprint density at radius 2 is 1.90 bits per heavy atom. The van der Waals surface area contributed by atoms with Crippen LogP contribution in [0.4, 0.5) is 0 Å². The van der Waals surface area contributed by atoms with Crippen molar-refractivity contribution in [2.45, 2.75) is 12.5 Å². The number of hydrogen-bond acceptors (Lipinski definition) is 6. The van der Waals surface area contributed by atoms with Crippen LogP contribution in [0.2, 0.25) is 0 Å². The summed E-state index contributed by atoms with van der Waals surface area (Å²) in [4.78, 5) is 15.4. The maximum Gasteiger partial charge on any atom is 0.257 e. The van der Waals surface area contributed by atoms with Crippen LogP contribution in [0.3, 0.4) is 0 Å². The van der Waals surface area contributed by atoms with Crippen molar-refractivity contribution in [1.82, 2.24) is 9.91 Å². The quantitative estimate of drug-likeness (QED) is 0.734. The Morgan fingerprint density at radius 1 is 1.10 bits per heavy atom. The molecule has 158 valence electrons. The van der Waals surface area contributed by atoms with Crippen LogP contribution in [0.15, 0.2) is 53.6 Å². The van der Waals surface area contributed by atoms with Crippen LogP contribution in [0.25, 0.3) is 0 Å². The molecule has 2 aromatic rings. The zero-order valence-electron chi connectivity index (χ0n) is 17.4. The van der Waals surface area contributed by atoms with Crippen molar-refractivity contribution in [3.63, 3.8) is 0 Å². The third-order valence-electron chi connectivity index (χ3n) is 5.53. The van der Waals surface area contributed by atoms with Gasteiger partial charge in [-0.05, 0) is 18.2 Å². The molecule has 1 atom stereocenters. The van der Waals surface area contributed by atoms with Gasteiger partial charge < -0.3 is 14.2 Å². The van der Waals surface area contributed by atoms with E-state index in [1.807, 2.05) is 48.5 Å². The highest BCUT2D eigenvalue weighted by Crippen LogP contribution is 2.37. The van der Waals surface area contributed by atoms with Crippen LogP contribution >= 0.6 is 0 Å². The van der Waals surface area contributed by atoms with Crippen molar-refractivity contribution in [3.8, 4) is 11.5 Å². The number of para-hydroxylation sites is 1. The van der Waals surface area contributed by atoms with Crippen LogP contribution < -0.4 is 9.47 Å². The summed E-state index contributed by atoms with van der Waals surface area (Å²) in [5, 5.41) is 6.39. The van der Waals surface area contributed by atoms with Crippen molar-refractivity contribution in [3.05, 3.63) is 59.7 Å². The number of nitrogens with zero attached hydrogens (tertiary/aromatic N) is 3. The fourth-order valence-electron chi connectivity index (χ4n) is 3.92.